The van der Waals surface area contributed by atoms with Gasteiger partial charge in [0, 0.05) is 4.90 Å². The summed E-state index contributed by atoms with van der Waals surface area (Å²) in [6.07, 6.45) is -8.00. The van der Waals surface area contributed by atoms with Gasteiger partial charge in [0.15, 0.2) is 0 Å². The summed E-state index contributed by atoms with van der Waals surface area (Å²) >= 11 is 1.00. The van der Waals surface area contributed by atoms with Gasteiger partial charge in [-0.2, -0.15) is 26.3 Å². The first kappa shape index (κ1) is 23.8. The van der Waals surface area contributed by atoms with E-state index < -0.39 is 47.7 Å². The van der Waals surface area contributed by atoms with Crippen molar-refractivity contribution in [3.8, 4) is 0 Å². The maximum absolute atomic E-state index is 13.0. The summed E-state index contributed by atoms with van der Waals surface area (Å²) in [6, 6.07) is 2.55. The number of nitrogens with one attached hydrogen (secondary N) is 1. The van der Waals surface area contributed by atoms with Crippen LogP contribution in [0.3, 0.4) is 0 Å². The number of methoxy groups -OCH3 is 1. The number of amides is 1. The topological polar surface area (TPSA) is 55.4 Å². The number of carbonyl (C=O) groups is 2. The van der Waals surface area contributed by atoms with Crippen LogP contribution in [0.4, 0.5) is 26.3 Å². The van der Waals surface area contributed by atoms with Crippen LogP contribution in [0.1, 0.15) is 29.3 Å². The Kier molecular flexibility index (Phi) is 7.27. The molecule has 1 unspecified atom stereocenters. The quantitative estimate of drug-likeness (QED) is 0.382. The Labute approximate surface area is 172 Å². The molecule has 11 heteroatoms. The Hall–Kier alpha value is -2.43. The van der Waals surface area contributed by atoms with E-state index in [0.29, 0.717) is 11.8 Å². The second-order valence-electron chi connectivity index (χ2n) is 6.17. The number of halogens is 6. The maximum atomic E-state index is 13.0. The third kappa shape index (κ3) is 5.59. The van der Waals surface area contributed by atoms with Crippen molar-refractivity contribution < 1.29 is 40.7 Å². The molecular weight excluding hydrogens is 436 g/mol. The summed E-state index contributed by atoms with van der Waals surface area (Å²) in [5.74, 6) is -3.48. The zero-order valence-corrected chi connectivity index (χ0v) is 16.6. The van der Waals surface area contributed by atoms with E-state index >= 15 is 0 Å². The highest BCUT2D eigenvalue weighted by Crippen LogP contribution is 2.36. The van der Waals surface area contributed by atoms with E-state index in [2.05, 4.69) is 10.1 Å². The van der Waals surface area contributed by atoms with Gasteiger partial charge < -0.3 is 10.1 Å². The third-order valence-electron chi connectivity index (χ3n) is 4.16. The van der Waals surface area contributed by atoms with Gasteiger partial charge in [0.1, 0.15) is 0 Å². The van der Waals surface area contributed by atoms with E-state index in [4.69, 9.17) is 0 Å². The first-order chi connectivity index (χ1) is 13.9. The number of hydrogen-bond acceptors (Lipinski definition) is 4. The molecule has 2 rings (SSSR count). The number of allylic oxidation sites excluding steroid dienone is 2. The normalized spacial score (nSPS) is 17.1. The summed E-state index contributed by atoms with van der Waals surface area (Å²) in [4.78, 5) is 24.6. The lowest BCUT2D eigenvalue weighted by molar-refractivity contribution is -0.160. The first-order valence-electron chi connectivity index (χ1n) is 8.61. The van der Waals surface area contributed by atoms with Crippen molar-refractivity contribution in [2.45, 2.75) is 30.6 Å². The van der Waals surface area contributed by atoms with Crippen LogP contribution in [0.5, 0.6) is 0 Å². The number of rotatable bonds is 5. The summed E-state index contributed by atoms with van der Waals surface area (Å²) in [5, 5.41) is 2.32. The SMILES string of the molecule is CCSc1cc(C(F)(F)F)ccc1C(=O)NC1=CCC(C(F)(F)F)C=C1C(=O)OC. The molecule has 1 aliphatic carbocycles. The van der Waals surface area contributed by atoms with Gasteiger partial charge in [-0.15, -0.1) is 11.8 Å². The second kappa shape index (κ2) is 9.15. The Morgan fingerprint density at radius 1 is 1.20 bits per heavy atom. The fourth-order valence-corrected chi connectivity index (χ4v) is 3.54. The van der Waals surface area contributed by atoms with Gasteiger partial charge in [-0.05, 0) is 30.4 Å². The predicted molar refractivity (Wildman–Crippen MR) is 97.7 cm³/mol. The van der Waals surface area contributed by atoms with E-state index in [1.54, 1.807) is 6.92 Å². The van der Waals surface area contributed by atoms with Gasteiger partial charge in [0.25, 0.3) is 5.91 Å². The predicted octanol–water partition coefficient (Wildman–Crippen LogP) is 5.11. The van der Waals surface area contributed by atoms with Crippen LogP contribution in [0.2, 0.25) is 0 Å². The van der Waals surface area contributed by atoms with Crippen molar-refractivity contribution in [3.05, 3.63) is 52.7 Å². The standard InChI is InChI=1S/C19H17F6NO3S/c1-3-30-15-9-11(19(23,24)25)4-6-12(15)16(27)26-14-7-5-10(18(20,21)22)8-13(14)17(28)29-2/h4,6-10H,3,5H2,1-2H3,(H,26,27). The molecule has 1 aromatic carbocycles. The fourth-order valence-electron chi connectivity index (χ4n) is 2.70. The molecule has 0 heterocycles. The average Bonchev–Trinajstić information content (AvgIpc) is 2.66. The number of esters is 1. The van der Waals surface area contributed by atoms with Gasteiger partial charge in [-0.1, -0.05) is 19.1 Å². The number of alkyl halides is 6. The Morgan fingerprint density at radius 3 is 2.40 bits per heavy atom. The van der Waals surface area contributed by atoms with Crippen molar-refractivity contribution in [2.75, 3.05) is 12.9 Å². The van der Waals surface area contributed by atoms with Crippen molar-refractivity contribution in [1.29, 1.82) is 0 Å². The number of ether oxygens (including phenoxy) is 1. The van der Waals surface area contributed by atoms with Crippen molar-refractivity contribution >= 4 is 23.6 Å². The minimum Gasteiger partial charge on any atom is -0.465 e. The lowest BCUT2D eigenvalue weighted by atomic mass is 9.93. The minimum absolute atomic E-state index is 0.0537. The summed E-state index contributed by atoms with van der Waals surface area (Å²) in [7, 11) is 0.978. The number of carbonyl (C=O) groups excluding carboxylic acids is 2. The van der Waals surface area contributed by atoms with Crippen LogP contribution in [0, 0.1) is 5.92 Å². The van der Waals surface area contributed by atoms with Crippen molar-refractivity contribution in [3.63, 3.8) is 0 Å². The molecule has 0 bridgehead atoms. The highest BCUT2D eigenvalue weighted by atomic mass is 32.2. The third-order valence-corrected chi connectivity index (χ3v) is 5.10. The fraction of sp³-hybridized carbons (Fsp3) is 0.368. The molecule has 1 aromatic rings. The number of hydrogen-bond donors (Lipinski definition) is 1. The highest BCUT2D eigenvalue weighted by Gasteiger charge is 2.40. The van der Waals surface area contributed by atoms with E-state index in [-0.39, 0.29) is 16.2 Å². The highest BCUT2D eigenvalue weighted by molar-refractivity contribution is 7.99. The van der Waals surface area contributed by atoms with Gasteiger partial charge in [0.2, 0.25) is 0 Å². The maximum Gasteiger partial charge on any atom is 0.416 e. The zero-order valence-electron chi connectivity index (χ0n) is 15.8. The van der Waals surface area contributed by atoms with Gasteiger partial charge in [-0.25, -0.2) is 4.79 Å². The number of benzene rings is 1. The van der Waals surface area contributed by atoms with E-state index in [9.17, 15) is 35.9 Å². The zero-order chi connectivity index (χ0) is 22.7. The summed E-state index contributed by atoms with van der Waals surface area (Å²) in [6.45, 7) is 1.69. The van der Waals surface area contributed by atoms with Gasteiger partial charge >= 0.3 is 18.3 Å². The van der Waals surface area contributed by atoms with E-state index in [0.717, 1.165) is 43.1 Å². The van der Waals surface area contributed by atoms with Crippen LogP contribution >= 0.6 is 11.8 Å². The molecular formula is C19H17F6NO3S. The molecule has 4 nitrogen and oxygen atoms in total. The molecule has 0 saturated heterocycles. The van der Waals surface area contributed by atoms with Crippen LogP contribution < -0.4 is 5.32 Å². The number of thioether (sulfide) groups is 1. The van der Waals surface area contributed by atoms with Gasteiger partial charge in [-0.3, -0.25) is 4.79 Å². The van der Waals surface area contributed by atoms with Crippen LogP contribution in [0.25, 0.3) is 0 Å². The molecule has 0 aromatic heterocycles. The minimum atomic E-state index is -4.60. The molecule has 1 amide bonds. The molecule has 1 N–H and O–H groups in total. The Bertz CT molecular complexity index is 889. The first-order valence-corrected chi connectivity index (χ1v) is 9.59. The van der Waals surface area contributed by atoms with Crippen molar-refractivity contribution in [1.82, 2.24) is 5.32 Å². The summed E-state index contributed by atoms with van der Waals surface area (Å²) < 4.78 is 82.4. The average molecular weight is 453 g/mol. The smallest absolute Gasteiger partial charge is 0.416 e. The van der Waals surface area contributed by atoms with E-state index in [1.807, 2.05) is 0 Å². The van der Waals surface area contributed by atoms with Crippen LogP contribution in [0.15, 0.2) is 46.5 Å². The molecule has 30 heavy (non-hydrogen) atoms. The van der Waals surface area contributed by atoms with Gasteiger partial charge in [0.05, 0.1) is 35.4 Å². The summed E-state index contributed by atoms with van der Waals surface area (Å²) in [5.41, 5.74) is -1.70. The van der Waals surface area contributed by atoms with E-state index in [1.165, 1.54) is 0 Å². The molecule has 0 saturated carbocycles. The largest absolute Gasteiger partial charge is 0.465 e. The molecule has 1 atom stereocenters. The van der Waals surface area contributed by atoms with Crippen LogP contribution in [-0.2, 0) is 15.7 Å². The lowest BCUT2D eigenvalue weighted by Gasteiger charge is -2.23. The van der Waals surface area contributed by atoms with Crippen LogP contribution in [-0.4, -0.2) is 30.9 Å². The molecule has 0 aliphatic heterocycles. The Balaban J connectivity index is 2.35. The molecule has 0 fully saturated rings. The monoisotopic (exact) mass is 453 g/mol. The molecule has 0 radical (unpaired) electrons. The lowest BCUT2D eigenvalue weighted by Crippen LogP contribution is -2.31. The molecule has 0 spiro atoms. The molecule has 164 valence electrons. The van der Waals surface area contributed by atoms with Crippen molar-refractivity contribution in [2.24, 2.45) is 5.92 Å². The Morgan fingerprint density at radius 2 is 1.87 bits per heavy atom. The second-order valence-corrected chi connectivity index (χ2v) is 7.48. The molecule has 1 aliphatic rings.